The molecule has 8 nitrogen and oxygen atoms in total. The number of carbonyl (C=O) groups is 1. The number of rotatable bonds is 6. The molecule has 2 aromatic heterocycles. The van der Waals surface area contributed by atoms with Crippen molar-refractivity contribution < 1.29 is 14.3 Å². The van der Waals surface area contributed by atoms with E-state index in [0.717, 1.165) is 15.9 Å². The minimum atomic E-state index is -0.372. The van der Waals surface area contributed by atoms with Crippen LogP contribution in [-0.4, -0.2) is 34.9 Å². The number of benzene rings is 1. The zero-order valence-electron chi connectivity index (χ0n) is 15.1. The van der Waals surface area contributed by atoms with E-state index in [4.69, 9.17) is 9.47 Å². The van der Waals surface area contributed by atoms with E-state index in [2.05, 4.69) is 15.4 Å². The minimum Gasteiger partial charge on any atom is -0.493 e. The number of aromatic nitrogens is 3. The van der Waals surface area contributed by atoms with Gasteiger partial charge in [-0.05, 0) is 31.2 Å². The maximum Gasteiger partial charge on any atom is 0.267 e. The standard InChI is InChI=1S/C18H18N4O4S/c1-11-10-27-18(19-11)20-16(23)9-22-17(24)7-5-13(21-22)12-4-6-14(25-2)15(8-12)26-3/h4-8,10H,9H2,1-3H3,(H,19,20,23). The van der Waals surface area contributed by atoms with Gasteiger partial charge in [0.05, 0.1) is 25.6 Å². The van der Waals surface area contributed by atoms with Crippen molar-refractivity contribution in [3.05, 3.63) is 51.8 Å². The van der Waals surface area contributed by atoms with E-state index < -0.39 is 0 Å². The molecule has 0 aliphatic rings. The molecule has 0 saturated heterocycles. The second-order valence-corrected chi connectivity index (χ2v) is 6.48. The van der Waals surface area contributed by atoms with Crippen molar-refractivity contribution in [1.82, 2.24) is 14.8 Å². The summed E-state index contributed by atoms with van der Waals surface area (Å²) in [5.74, 6) is 0.766. The van der Waals surface area contributed by atoms with Crippen LogP contribution in [0.3, 0.4) is 0 Å². The van der Waals surface area contributed by atoms with Crippen LogP contribution in [0.2, 0.25) is 0 Å². The maximum absolute atomic E-state index is 12.2. The Labute approximate surface area is 159 Å². The van der Waals surface area contributed by atoms with Crippen LogP contribution >= 0.6 is 11.3 Å². The predicted octanol–water partition coefficient (Wildman–Crippen LogP) is 2.33. The van der Waals surface area contributed by atoms with Gasteiger partial charge in [0, 0.05) is 17.0 Å². The summed E-state index contributed by atoms with van der Waals surface area (Å²) in [6, 6.07) is 8.29. The molecule has 0 atom stereocenters. The molecule has 0 spiro atoms. The molecular formula is C18H18N4O4S. The lowest BCUT2D eigenvalue weighted by Gasteiger charge is -2.10. The molecule has 0 bridgehead atoms. The molecule has 0 saturated carbocycles. The van der Waals surface area contributed by atoms with Crippen molar-refractivity contribution in [2.75, 3.05) is 19.5 Å². The predicted molar refractivity (Wildman–Crippen MR) is 103 cm³/mol. The highest BCUT2D eigenvalue weighted by molar-refractivity contribution is 7.13. The first-order valence-electron chi connectivity index (χ1n) is 8.02. The van der Waals surface area contributed by atoms with Crippen LogP contribution in [-0.2, 0) is 11.3 Å². The van der Waals surface area contributed by atoms with Crippen LogP contribution in [0.1, 0.15) is 5.69 Å². The number of anilines is 1. The summed E-state index contributed by atoms with van der Waals surface area (Å²) in [5, 5.41) is 9.27. The van der Waals surface area contributed by atoms with Crippen molar-refractivity contribution in [3.8, 4) is 22.8 Å². The van der Waals surface area contributed by atoms with Crippen molar-refractivity contribution in [2.45, 2.75) is 13.5 Å². The third-order valence-corrected chi connectivity index (χ3v) is 4.58. The first kappa shape index (κ1) is 18.6. The largest absolute Gasteiger partial charge is 0.493 e. The Kier molecular flexibility index (Phi) is 5.51. The molecule has 1 amide bonds. The van der Waals surface area contributed by atoms with Crippen LogP contribution in [0, 0.1) is 6.92 Å². The number of hydrogen-bond donors (Lipinski definition) is 1. The highest BCUT2D eigenvalue weighted by Crippen LogP contribution is 2.31. The van der Waals surface area contributed by atoms with Gasteiger partial charge in [-0.25, -0.2) is 9.67 Å². The van der Waals surface area contributed by atoms with Crippen LogP contribution in [0.5, 0.6) is 11.5 Å². The number of nitrogens with one attached hydrogen (secondary N) is 1. The van der Waals surface area contributed by atoms with Gasteiger partial charge in [-0.15, -0.1) is 11.3 Å². The first-order chi connectivity index (χ1) is 13.0. The molecule has 3 rings (SSSR count). The van der Waals surface area contributed by atoms with Gasteiger partial charge in [0.2, 0.25) is 5.91 Å². The summed E-state index contributed by atoms with van der Waals surface area (Å²) in [7, 11) is 3.10. The molecule has 1 aromatic carbocycles. The summed E-state index contributed by atoms with van der Waals surface area (Å²) in [6.45, 7) is 1.63. The van der Waals surface area contributed by atoms with Gasteiger partial charge in [-0.1, -0.05) is 0 Å². The van der Waals surface area contributed by atoms with Gasteiger partial charge >= 0.3 is 0 Å². The molecule has 0 radical (unpaired) electrons. The Morgan fingerprint density at radius 3 is 2.63 bits per heavy atom. The molecule has 0 fully saturated rings. The van der Waals surface area contributed by atoms with E-state index in [1.54, 1.807) is 38.5 Å². The number of hydrogen-bond acceptors (Lipinski definition) is 7. The molecule has 0 unspecified atom stereocenters. The second-order valence-electron chi connectivity index (χ2n) is 5.63. The van der Waals surface area contributed by atoms with Gasteiger partial charge in [0.15, 0.2) is 16.6 Å². The lowest BCUT2D eigenvalue weighted by molar-refractivity contribution is -0.117. The number of nitrogens with zero attached hydrogens (tertiary/aromatic N) is 3. The molecule has 9 heteroatoms. The number of thiazole rings is 1. The topological polar surface area (TPSA) is 95.3 Å². The Morgan fingerprint density at radius 1 is 1.19 bits per heavy atom. The van der Waals surface area contributed by atoms with Gasteiger partial charge in [-0.3, -0.25) is 9.59 Å². The van der Waals surface area contributed by atoms with Crippen LogP contribution in [0.4, 0.5) is 5.13 Å². The van der Waals surface area contributed by atoms with Crippen molar-refractivity contribution in [1.29, 1.82) is 0 Å². The summed E-state index contributed by atoms with van der Waals surface area (Å²) >= 11 is 1.32. The normalized spacial score (nSPS) is 10.5. The third-order valence-electron chi connectivity index (χ3n) is 3.70. The molecule has 140 valence electrons. The molecular weight excluding hydrogens is 368 g/mol. The monoisotopic (exact) mass is 386 g/mol. The third kappa shape index (κ3) is 4.32. The second kappa shape index (κ2) is 8.00. The number of amides is 1. The molecule has 27 heavy (non-hydrogen) atoms. The highest BCUT2D eigenvalue weighted by atomic mass is 32.1. The van der Waals surface area contributed by atoms with E-state index in [1.165, 1.54) is 17.4 Å². The average molecular weight is 386 g/mol. The van der Waals surface area contributed by atoms with E-state index in [-0.39, 0.29) is 18.0 Å². The number of ether oxygens (including phenoxy) is 2. The molecule has 0 aliphatic heterocycles. The highest BCUT2D eigenvalue weighted by Gasteiger charge is 2.12. The molecule has 2 heterocycles. The van der Waals surface area contributed by atoms with Crippen LogP contribution < -0.4 is 20.3 Å². The van der Waals surface area contributed by atoms with Gasteiger partial charge in [0.1, 0.15) is 6.54 Å². The Bertz CT molecular complexity index is 1030. The lowest BCUT2D eigenvalue weighted by atomic mass is 10.1. The number of methoxy groups -OCH3 is 2. The Hall–Kier alpha value is -3.20. The zero-order valence-corrected chi connectivity index (χ0v) is 15.9. The lowest BCUT2D eigenvalue weighted by Crippen LogP contribution is -2.29. The van der Waals surface area contributed by atoms with E-state index in [0.29, 0.717) is 22.3 Å². The van der Waals surface area contributed by atoms with Gasteiger partial charge in [-0.2, -0.15) is 5.10 Å². The fourth-order valence-corrected chi connectivity index (χ4v) is 3.12. The smallest absolute Gasteiger partial charge is 0.267 e. The summed E-state index contributed by atoms with van der Waals surface area (Å²) in [5.41, 5.74) is 1.72. The Balaban J connectivity index is 1.84. The van der Waals surface area contributed by atoms with E-state index in [9.17, 15) is 9.59 Å². The zero-order chi connectivity index (χ0) is 19.4. The number of aryl methyl sites for hydroxylation is 1. The number of carbonyl (C=O) groups excluding carboxylic acids is 1. The van der Waals surface area contributed by atoms with E-state index >= 15 is 0 Å². The van der Waals surface area contributed by atoms with Gasteiger partial charge in [0.25, 0.3) is 5.56 Å². The first-order valence-corrected chi connectivity index (χ1v) is 8.90. The van der Waals surface area contributed by atoms with E-state index in [1.807, 2.05) is 12.3 Å². The van der Waals surface area contributed by atoms with Crippen LogP contribution in [0.15, 0.2) is 40.5 Å². The SMILES string of the molecule is COc1ccc(-c2ccc(=O)n(CC(=O)Nc3nc(C)cs3)n2)cc1OC. The fourth-order valence-electron chi connectivity index (χ4n) is 2.42. The minimum absolute atomic E-state index is 0.210. The van der Waals surface area contributed by atoms with Crippen LogP contribution in [0.25, 0.3) is 11.3 Å². The molecule has 0 aliphatic carbocycles. The summed E-state index contributed by atoms with van der Waals surface area (Å²) in [6.07, 6.45) is 0. The fraction of sp³-hybridized carbons (Fsp3) is 0.222. The van der Waals surface area contributed by atoms with Crippen molar-refractivity contribution in [2.24, 2.45) is 0 Å². The Morgan fingerprint density at radius 2 is 1.96 bits per heavy atom. The van der Waals surface area contributed by atoms with Crippen molar-refractivity contribution in [3.63, 3.8) is 0 Å². The quantitative estimate of drug-likeness (QED) is 0.699. The summed E-state index contributed by atoms with van der Waals surface area (Å²) < 4.78 is 11.6. The van der Waals surface area contributed by atoms with Crippen molar-refractivity contribution >= 4 is 22.4 Å². The average Bonchev–Trinajstić information content (AvgIpc) is 3.07. The summed E-state index contributed by atoms with van der Waals surface area (Å²) in [4.78, 5) is 28.4. The molecule has 1 N–H and O–H groups in total. The molecule has 3 aromatic rings. The maximum atomic E-state index is 12.2. The van der Waals surface area contributed by atoms with Gasteiger partial charge < -0.3 is 14.8 Å².